The van der Waals surface area contributed by atoms with Gasteiger partial charge in [-0.25, -0.2) is 9.78 Å². The Hall–Kier alpha value is -2.96. The summed E-state index contributed by atoms with van der Waals surface area (Å²) in [6.45, 7) is 2.12. The van der Waals surface area contributed by atoms with E-state index in [0.717, 1.165) is 24.8 Å². The highest BCUT2D eigenvalue weighted by Gasteiger charge is 2.11. The fourth-order valence-corrected chi connectivity index (χ4v) is 3.22. The maximum Gasteiger partial charge on any atom is 0.321 e. The molecule has 0 radical (unpaired) electrons. The standard InChI is InChI=1S/C20H24N4O3/c1-14-7-8-17-16(11-14)19(26)24(13-22-17)12-18(25)23-20(27)21-10-9-15-5-3-2-4-6-15/h5,7-8,11,13H,2-4,6,9-10,12H2,1H3,(H2,21,23,25,27). The molecule has 1 aliphatic carbocycles. The van der Waals surface area contributed by atoms with Gasteiger partial charge in [-0.1, -0.05) is 23.3 Å². The number of nitrogens with one attached hydrogen (secondary N) is 2. The summed E-state index contributed by atoms with van der Waals surface area (Å²) in [6.07, 6.45) is 8.98. The molecule has 2 aromatic rings. The highest BCUT2D eigenvalue weighted by molar-refractivity contribution is 5.94. The van der Waals surface area contributed by atoms with E-state index in [1.807, 2.05) is 13.0 Å². The molecule has 7 heteroatoms. The molecule has 0 aliphatic heterocycles. The van der Waals surface area contributed by atoms with Gasteiger partial charge in [0.05, 0.1) is 17.2 Å². The number of imide groups is 1. The van der Waals surface area contributed by atoms with Crippen LogP contribution in [0.1, 0.15) is 37.7 Å². The lowest BCUT2D eigenvalue weighted by Gasteiger charge is -2.13. The molecule has 0 spiro atoms. The molecule has 3 amide bonds. The number of rotatable bonds is 5. The normalized spacial score (nSPS) is 13.9. The summed E-state index contributed by atoms with van der Waals surface area (Å²) in [7, 11) is 0. The molecule has 2 N–H and O–H groups in total. The van der Waals surface area contributed by atoms with Crippen LogP contribution in [0, 0.1) is 6.92 Å². The fraction of sp³-hybridized carbons (Fsp3) is 0.400. The Morgan fingerprint density at radius 2 is 2.11 bits per heavy atom. The summed E-state index contributed by atoms with van der Waals surface area (Å²) in [5.41, 5.74) is 2.58. The molecule has 0 fully saturated rings. The zero-order chi connectivity index (χ0) is 19.2. The van der Waals surface area contributed by atoms with E-state index in [2.05, 4.69) is 21.7 Å². The first-order chi connectivity index (χ1) is 13.0. The smallest absolute Gasteiger partial charge is 0.321 e. The Morgan fingerprint density at radius 1 is 1.26 bits per heavy atom. The van der Waals surface area contributed by atoms with Gasteiger partial charge in [0.25, 0.3) is 5.56 Å². The van der Waals surface area contributed by atoms with Crippen LogP contribution >= 0.6 is 0 Å². The molecule has 0 atom stereocenters. The van der Waals surface area contributed by atoms with Crippen molar-refractivity contribution in [1.29, 1.82) is 0 Å². The first kappa shape index (κ1) is 18.8. The minimum Gasteiger partial charge on any atom is -0.337 e. The lowest BCUT2D eigenvalue weighted by atomic mass is 9.97. The number of amides is 3. The lowest BCUT2D eigenvalue weighted by molar-refractivity contribution is -0.120. The number of hydrogen-bond donors (Lipinski definition) is 2. The summed E-state index contributed by atoms with van der Waals surface area (Å²) in [6, 6.07) is 4.84. The molecule has 3 rings (SSSR count). The first-order valence-corrected chi connectivity index (χ1v) is 9.24. The van der Waals surface area contributed by atoms with Crippen LogP contribution in [0.2, 0.25) is 0 Å². The summed E-state index contributed by atoms with van der Waals surface area (Å²) < 4.78 is 1.21. The third-order valence-corrected chi connectivity index (χ3v) is 4.66. The molecular weight excluding hydrogens is 344 g/mol. The third kappa shape index (κ3) is 5.03. The molecule has 1 heterocycles. The van der Waals surface area contributed by atoms with Crippen LogP contribution in [-0.4, -0.2) is 28.0 Å². The van der Waals surface area contributed by atoms with Crippen molar-refractivity contribution in [1.82, 2.24) is 20.2 Å². The second kappa shape index (κ2) is 8.62. The Bertz CT molecular complexity index is 946. The van der Waals surface area contributed by atoms with E-state index < -0.39 is 11.9 Å². The summed E-state index contributed by atoms with van der Waals surface area (Å²) in [4.78, 5) is 40.6. The van der Waals surface area contributed by atoms with Crippen LogP contribution in [0.25, 0.3) is 10.9 Å². The molecule has 0 bridgehead atoms. The summed E-state index contributed by atoms with van der Waals surface area (Å²) in [5.74, 6) is -0.555. The van der Waals surface area contributed by atoms with Gasteiger partial charge in [0, 0.05) is 6.54 Å². The number of carbonyl (C=O) groups is 2. The number of aromatic nitrogens is 2. The van der Waals surface area contributed by atoms with Crippen molar-refractivity contribution < 1.29 is 9.59 Å². The predicted molar refractivity (Wildman–Crippen MR) is 103 cm³/mol. The van der Waals surface area contributed by atoms with Crippen molar-refractivity contribution >= 4 is 22.8 Å². The largest absolute Gasteiger partial charge is 0.337 e. The highest BCUT2D eigenvalue weighted by atomic mass is 16.2. The lowest BCUT2D eigenvalue weighted by Crippen LogP contribution is -2.42. The van der Waals surface area contributed by atoms with Crippen LogP contribution < -0.4 is 16.2 Å². The SMILES string of the molecule is Cc1ccc2ncn(CC(=O)NC(=O)NCCC3=CCCCC3)c(=O)c2c1. The van der Waals surface area contributed by atoms with Crippen LogP contribution in [-0.2, 0) is 11.3 Å². The second-order valence-electron chi connectivity index (χ2n) is 6.86. The zero-order valence-corrected chi connectivity index (χ0v) is 15.5. The van der Waals surface area contributed by atoms with Crippen molar-refractivity contribution in [3.63, 3.8) is 0 Å². The molecule has 1 aromatic carbocycles. The van der Waals surface area contributed by atoms with Gasteiger partial charge in [-0.3, -0.25) is 19.5 Å². The van der Waals surface area contributed by atoms with Crippen molar-refractivity contribution in [2.45, 2.75) is 45.6 Å². The minimum absolute atomic E-state index is 0.256. The Kier molecular flexibility index (Phi) is 6.01. The number of aryl methyl sites for hydroxylation is 1. The monoisotopic (exact) mass is 368 g/mol. The topological polar surface area (TPSA) is 93.1 Å². The van der Waals surface area contributed by atoms with Gasteiger partial charge in [-0.2, -0.15) is 0 Å². The molecule has 142 valence electrons. The van der Waals surface area contributed by atoms with E-state index in [1.54, 1.807) is 12.1 Å². The number of carbonyl (C=O) groups excluding carboxylic acids is 2. The van der Waals surface area contributed by atoms with Crippen molar-refractivity contribution in [3.05, 3.63) is 52.1 Å². The van der Waals surface area contributed by atoms with E-state index >= 15 is 0 Å². The number of benzene rings is 1. The van der Waals surface area contributed by atoms with Gasteiger partial charge < -0.3 is 5.32 Å². The molecule has 1 aromatic heterocycles. The van der Waals surface area contributed by atoms with E-state index in [-0.39, 0.29) is 12.1 Å². The predicted octanol–water partition coefficient (Wildman–Crippen LogP) is 2.42. The number of allylic oxidation sites excluding steroid dienone is 1. The van der Waals surface area contributed by atoms with Gasteiger partial charge in [0.1, 0.15) is 6.54 Å². The van der Waals surface area contributed by atoms with Gasteiger partial charge in [0.2, 0.25) is 5.91 Å². The number of hydrogen-bond acceptors (Lipinski definition) is 4. The Balaban J connectivity index is 1.53. The Labute approximate surface area is 157 Å². The molecule has 0 saturated heterocycles. The third-order valence-electron chi connectivity index (χ3n) is 4.66. The molecule has 1 aliphatic rings. The minimum atomic E-state index is -0.555. The maximum atomic E-state index is 12.5. The van der Waals surface area contributed by atoms with Crippen LogP contribution in [0.4, 0.5) is 4.79 Å². The molecular formula is C20H24N4O3. The van der Waals surface area contributed by atoms with E-state index in [4.69, 9.17) is 0 Å². The summed E-state index contributed by atoms with van der Waals surface area (Å²) >= 11 is 0. The molecule has 7 nitrogen and oxygen atoms in total. The zero-order valence-electron chi connectivity index (χ0n) is 15.5. The number of nitrogens with zero attached hydrogens (tertiary/aromatic N) is 2. The van der Waals surface area contributed by atoms with Crippen molar-refractivity contribution in [2.24, 2.45) is 0 Å². The number of fused-ring (bicyclic) bond motifs is 1. The number of urea groups is 1. The van der Waals surface area contributed by atoms with Crippen molar-refractivity contribution in [3.8, 4) is 0 Å². The van der Waals surface area contributed by atoms with Gasteiger partial charge in [-0.05, 0) is 51.2 Å². The average molecular weight is 368 g/mol. The maximum absolute atomic E-state index is 12.5. The molecule has 27 heavy (non-hydrogen) atoms. The first-order valence-electron chi connectivity index (χ1n) is 9.24. The van der Waals surface area contributed by atoms with E-state index in [0.29, 0.717) is 17.4 Å². The van der Waals surface area contributed by atoms with Crippen LogP contribution in [0.5, 0.6) is 0 Å². The fourth-order valence-electron chi connectivity index (χ4n) is 3.22. The van der Waals surface area contributed by atoms with E-state index in [9.17, 15) is 14.4 Å². The molecule has 0 saturated carbocycles. The highest BCUT2D eigenvalue weighted by Crippen LogP contribution is 2.19. The quantitative estimate of drug-likeness (QED) is 0.793. The van der Waals surface area contributed by atoms with Gasteiger partial charge in [-0.15, -0.1) is 0 Å². The average Bonchev–Trinajstić information content (AvgIpc) is 2.65. The molecule has 0 unspecified atom stereocenters. The Morgan fingerprint density at radius 3 is 2.89 bits per heavy atom. The van der Waals surface area contributed by atoms with E-state index in [1.165, 1.54) is 29.3 Å². The van der Waals surface area contributed by atoms with Gasteiger partial charge in [0.15, 0.2) is 0 Å². The van der Waals surface area contributed by atoms with Crippen LogP contribution in [0.15, 0.2) is 41.0 Å². The summed E-state index contributed by atoms with van der Waals surface area (Å²) in [5, 5.41) is 5.39. The van der Waals surface area contributed by atoms with Crippen LogP contribution in [0.3, 0.4) is 0 Å². The second-order valence-corrected chi connectivity index (χ2v) is 6.86. The van der Waals surface area contributed by atoms with Crippen molar-refractivity contribution in [2.75, 3.05) is 6.54 Å². The van der Waals surface area contributed by atoms with Gasteiger partial charge >= 0.3 is 6.03 Å².